The van der Waals surface area contributed by atoms with Crippen LogP contribution in [0.3, 0.4) is 0 Å². The molecule has 0 radical (unpaired) electrons. The van der Waals surface area contributed by atoms with Crippen LogP contribution < -0.4 is 14.4 Å². The molecule has 1 amide bonds. The van der Waals surface area contributed by atoms with Crippen molar-refractivity contribution in [2.24, 2.45) is 0 Å². The molecular weight excluding hydrogens is 419 g/mol. The van der Waals surface area contributed by atoms with Gasteiger partial charge in [0.25, 0.3) is 0 Å². The first kappa shape index (κ1) is 23.0. The van der Waals surface area contributed by atoms with E-state index in [4.69, 9.17) is 16.3 Å². The smallest absolute Gasteiger partial charge is 0.232 e. The van der Waals surface area contributed by atoms with Crippen LogP contribution in [-0.4, -0.2) is 40.3 Å². The Kier molecular flexibility index (Phi) is 8.28. The number of amides is 1. The summed E-state index contributed by atoms with van der Waals surface area (Å²) in [7, 11) is -3.67. The van der Waals surface area contributed by atoms with Crippen LogP contribution in [0.4, 0.5) is 10.1 Å². The zero-order valence-corrected chi connectivity index (χ0v) is 17.9. The number of hydrogen-bond acceptors (Lipinski definition) is 4. The lowest BCUT2D eigenvalue weighted by atomic mass is 10.2. The van der Waals surface area contributed by atoms with Crippen molar-refractivity contribution in [1.82, 2.24) is 5.32 Å². The minimum Gasteiger partial charge on any atom is -0.492 e. The van der Waals surface area contributed by atoms with Crippen molar-refractivity contribution in [3.63, 3.8) is 0 Å². The van der Waals surface area contributed by atoms with Crippen molar-refractivity contribution in [3.8, 4) is 5.75 Å². The molecular formula is C20H24ClFN2O4S. The molecule has 158 valence electrons. The van der Waals surface area contributed by atoms with E-state index in [-0.39, 0.29) is 37.6 Å². The van der Waals surface area contributed by atoms with Crippen molar-refractivity contribution < 1.29 is 22.3 Å². The normalized spacial score (nSPS) is 11.2. The number of ether oxygens (including phenoxy) is 1. The highest BCUT2D eigenvalue weighted by atomic mass is 35.5. The molecule has 0 heterocycles. The van der Waals surface area contributed by atoms with E-state index in [0.717, 1.165) is 16.1 Å². The molecule has 9 heteroatoms. The Labute approximate surface area is 175 Å². The topological polar surface area (TPSA) is 75.7 Å². The Morgan fingerprint density at radius 3 is 2.62 bits per heavy atom. The fourth-order valence-electron chi connectivity index (χ4n) is 2.61. The van der Waals surface area contributed by atoms with Crippen LogP contribution >= 0.6 is 11.6 Å². The van der Waals surface area contributed by atoms with Gasteiger partial charge in [0.2, 0.25) is 15.9 Å². The number of anilines is 1. The molecule has 2 rings (SSSR count). The molecule has 0 atom stereocenters. The van der Waals surface area contributed by atoms with Crippen molar-refractivity contribution in [3.05, 3.63) is 58.9 Å². The first-order valence-corrected chi connectivity index (χ1v) is 11.3. The van der Waals surface area contributed by atoms with Gasteiger partial charge in [-0.3, -0.25) is 9.10 Å². The molecule has 0 spiro atoms. The summed E-state index contributed by atoms with van der Waals surface area (Å²) in [5, 5.41) is 3.31. The molecule has 0 aliphatic rings. The van der Waals surface area contributed by atoms with Gasteiger partial charge in [0, 0.05) is 18.0 Å². The molecule has 1 N–H and O–H groups in total. The van der Waals surface area contributed by atoms with Gasteiger partial charge in [-0.1, -0.05) is 29.8 Å². The quantitative estimate of drug-likeness (QED) is 0.571. The fourth-order valence-corrected chi connectivity index (χ4v) is 3.75. The van der Waals surface area contributed by atoms with E-state index in [9.17, 15) is 17.6 Å². The first-order chi connectivity index (χ1) is 13.7. The lowest BCUT2D eigenvalue weighted by molar-refractivity contribution is -0.121. The van der Waals surface area contributed by atoms with E-state index >= 15 is 0 Å². The van der Waals surface area contributed by atoms with E-state index in [1.807, 2.05) is 13.0 Å². The zero-order valence-electron chi connectivity index (χ0n) is 16.3. The molecule has 0 unspecified atom stereocenters. The highest BCUT2D eigenvalue weighted by Gasteiger charge is 2.20. The predicted octanol–water partition coefficient (Wildman–Crippen LogP) is 3.53. The molecule has 29 heavy (non-hydrogen) atoms. The van der Waals surface area contributed by atoms with Crippen molar-refractivity contribution in [2.75, 3.05) is 30.3 Å². The number of rotatable bonds is 10. The highest BCUT2D eigenvalue weighted by molar-refractivity contribution is 7.92. The average molecular weight is 443 g/mol. The van der Waals surface area contributed by atoms with Gasteiger partial charge < -0.3 is 10.1 Å². The van der Waals surface area contributed by atoms with Gasteiger partial charge in [0.05, 0.1) is 18.5 Å². The maximum atomic E-state index is 13.9. The maximum Gasteiger partial charge on any atom is 0.232 e. The summed E-state index contributed by atoms with van der Waals surface area (Å²) in [6, 6.07) is 11.0. The summed E-state index contributed by atoms with van der Waals surface area (Å²) < 4.78 is 44.4. The Bertz CT molecular complexity index is 953. The second-order valence-corrected chi connectivity index (χ2v) is 8.81. The molecule has 0 fully saturated rings. The van der Waals surface area contributed by atoms with E-state index < -0.39 is 15.8 Å². The third kappa shape index (κ3) is 7.21. The van der Waals surface area contributed by atoms with Gasteiger partial charge >= 0.3 is 0 Å². The van der Waals surface area contributed by atoms with Crippen LogP contribution in [-0.2, 0) is 14.8 Å². The van der Waals surface area contributed by atoms with E-state index in [2.05, 4.69) is 5.32 Å². The number of para-hydroxylation sites is 1. The lowest BCUT2D eigenvalue weighted by Crippen LogP contribution is -2.33. The third-order valence-electron chi connectivity index (χ3n) is 4.12. The molecule has 0 aliphatic carbocycles. The Balaban J connectivity index is 1.76. The Morgan fingerprint density at radius 1 is 1.24 bits per heavy atom. The number of halogens is 2. The number of carbonyl (C=O) groups excluding carboxylic acids is 1. The number of benzene rings is 2. The Morgan fingerprint density at radius 2 is 1.97 bits per heavy atom. The largest absolute Gasteiger partial charge is 0.492 e. The molecule has 0 saturated heterocycles. The minimum absolute atomic E-state index is 0.00551. The highest BCUT2D eigenvalue weighted by Crippen LogP contribution is 2.22. The van der Waals surface area contributed by atoms with E-state index in [0.29, 0.717) is 17.3 Å². The van der Waals surface area contributed by atoms with Crippen LogP contribution in [0.2, 0.25) is 5.02 Å². The van der Waals surface area contributed by atoms with Gasteiger partial charge in [-0.15, -0.1) is 0 Å². The number of hydrogen-bond donors (Lipinski definition) is 1. The van der Waals surface area contributed by atoms with E-state index in [1.165, 1.54) is 18.2 Å². The number of aryl methyl sites for hydroxylation is 1. The summed E-state index contributed by atoms with van der Waals surface area (Å²) in [5.41, 5.74) is 0.923. The second kappa shape index (κ2) is 10.5. The van der Waals surface area contributed by atoms with Gasteiger partial charge in [-0.25, -0.2) is 12.8 Å². The summed E-state index contributed by atoms with van der Waals surface area (Å²) in [6.07, 6.45) is 1.37. The second-order valence-electron chi connectivity index (χ2n) is 6.50. The van der Waals surface area contributed by atoms with Crippen molar-refractivity contribution in [1.29, 1.82) is 0 Å². The maximum absolute atomic E-state index is 13.9. The van der Waals surface area contributed by atoms with Crippen molar-refractivity contribution >= 4 is 33.2 Å². The summed E-state index contributed by atoms with van der Waals surface area (Å²) in [4.78, 5) is 12.0. The summed E-state index contributed by atoms with van der Waals surface area (Å²) in [6.45, 7) is 2.47. The molecule has 0 bridgehead atoms. The number of sulfonamides is 1. The minimum atomic E-state index is -3.67. The summed E-state index contributed by atoms with van der Waals surface area (Å²) >= 11 is 6.03. The molecule has 6 nitrogen and oxygen atoms in total. The molecule has 0 aliphatic heterocycles. The number of carbonyl (C=O) groups is 1. The first-order valence-electron chi connectivity index (χ1n) is 9.06. The third-order valence-corrected chi connectivity index (χ3v) is 5.71. The lowest BCUT2D eigenvalue weighted by Gasteiger charge is -2.22. The Hall–Kier alpha value is -2.32. The van der Waals surface area contributed by atoms with Gasteiger partial charge in [0.15, 0.2) is 0 Å². The van der Waals surface area contributed by atoms with Gasteiger partial charge in [0.1, 0.15) is 18.2 Å². The average Bonchev–Trinajstić information content (AvgIpc) is 2.65. The fraction of sp³-hybridized carbons (Fsp3) is 0.350. The van der Waals surface area contributed by atoms with Crippen LogP contribution in [0.15, 0.2) is 42.5 Å². The standard InChI is InChI=1S/C20H24ClFN2O4S/c1-15-9-10-16(14-17(15)21)28-13-11-23-20(25)8-5-12-24(29(2,26)27)19-7-4-3-6-18(19)22/h3-4,6-7,9-10,14H,5,8,11-13H2,1-2H3,(H,23,25). The predicted molar refractivity (Wildman–Crippen MR) is 113 cm³/mol. The van der Waals surface area contributed by atoms with Crippen LogP contribution in [0, 0.1) is 12.7 Å². The monoisotopic (exact) mass is 442 g/mol. The number of nitrogens with one attached hydrogen (secondary N) is 1. The van der Waals surface area contributed by atoms with E-state index in [1.54, 1.807) is 18.2 Å². The molecule has 0 saturated carbocycles. The van der Waals surface area contributed by atoms with Gasteiger partial charge in [-0.05, 0) is 43.2 Å². The SMILES string of the molecule is Cc1ccc(OCCNC(=O)CCCN(c2ccccc2F)S(C)(=O)=O)cc1Cl. The number of nitrogens with zero attached hydrogens (tertiary/aromatic N) is 1. The summed E-state index contributed by atoms with van der Waals surface area (Å²) in [5.74, 6) is -0.253. The van der Waals surface area contributed by atoms with Crippen LogP contribution in [0.25, 0.3) is 0 Å². The van der Waals surface area contributed by atoms with Gasteiger partial charge in [-0.2, -0.15) is 0 Å². The van der Waals surface area contributed by atoms with Crippen molar-refractivity contribution in [2.45, 2.75) is 19.8 Å². The molecule has 2 aromatic rings. The zero-order chi connectivity index (χ0) is 21.4. The van der Waals surface area contributed by atoms with Crippen LogP contribution in [0.5, 0.6) is 5.75 Å². The molecule has 2 aromatic carbocycles. The van der Waals surface area contributed by atoms with Crippen LogP contribution in [0.1, 0.15) is 18.4 Å². The molecule has 0 aromatic heterocycles.